The molecule has 0 radical (unpaired) electrons. The van der Waals surface area contributed by atoms with Gasteiger partial charge in [0.15, 0.2) is 5.69 Å². The molecule has 2 aromatic heterocycles. The summed E-state index contributed by atoms with van der Waals surface area (Å²) >= 11 is 0. The summed E-state index contributed by atoms with van der Waals surface area (Å²) in [7, 11) is -4.25. The van der Waals surface area contributed by atoms with Crippen LogP contribution in [0.5, 0.6) is 0 Å². The second-order valence-electron chi connectivity index (χ2n) is 7.35. The van der Waals surface area contributed by atoms with Crippen LogP contribution in [0.3, 0.4) is 0 Å². The van der Waals surface area contributed by atoms with Crippen LogP contribution in [0.4, 0.5) is 18.9 Å². The maximum atomic E-state index is 13.7. The van der Waals surface area contributed by atoms with E-state index in [1.165, 1.54) is 6.20 Å². The molecule has 2 N–H and O–H groups in total. The molecule has 0 bridgehead atoms. The van der Waals surface area contributed by atoms with E-state index in [0.29, 0.717) is 17.3 Å². The summed E-state index contributed by atoms with van der Waals surface area (Å²) in [6, 6.07) is 5.14. The Balaban J connectivity index is 0.00000176. The standard InChI is InChI=1S/C20H25F3N4O2S.C2H6/c1-3-4-5-6-7-10-27-19(20(21,22)23)17(12-25-27)26-30(28,29)18-13-24-16-11-14(2)8-9-15(16)18;1-2/h8-9,11-13,24,26H,3-7,10H2,1-2H3;1-2H3. The molecule has 0 aliphatic rings. The zero-order valence-corrected chi connectivity index (χ0v) is 19.7. The average molecular weight is 473 g/mol. The van der Waals surface area contributed by atoms with Crippen LogP contribution >= 0.6 is 0 Å². The van der Waals surface area contributed by atoms with Crippen LogP contribution in [0.15, 0.2) is 35.5 Å². The SMILES string of the molecule is CC.CCCCCCCn1ncc(NS(=O)(=O)c2c[nH]c3cc(C)ccc23)c1C(F)(F)F. The number of nitrogens with one attached hydrogen (secondary N) is 2. The minimum Gasteiger partial charge on any atom is -0.360 e. The first-order chi connectivity index (χ1) is 15.1. The second kappa shape index (κ2) is 10.9. The minimum absolute atomic E-state index is 0.0760. The van der Waals surface area contributed by atoms with E-state index < -0.39 is 27.6 Å². The van der Waals surface area contributed by atoms with Gasteiger partial charge in [-0.25, -0.2) is 8.42 Å². The van der Waals surface area contributed by atoms with Crippen LogP contribution < -0.4 is 4.72 Å². The second-order valence-corrected chi connectivity index (χ2v) is 9.00. The number of sulfonamides is 1. The third kappa shape index (κ3) is 6.05. The van der Waals surface area contributed by atoms with Crippen LogP contribution in [-0.2, 0) is 22.7 Å². The number of rotatable bonds is 9. The number of aryl methyl sites for hydroxylation is 2. The smallest absolute Gasteiger partial charge is 0.360 e. The number of unbranched alkanes of at least 4 members (excludes halogenated alkanes) is 4. The molecule has 0 spiro atoms. The van der Waals surface area contributed by atoms with E-state index in [-0.39, 0.29) is 11.4 Å². The first-order valence-electron chi connectivity index (χ1n) is 10.9. The largest absolute Gasteiger partial charge is 0.435 e. The topological polar surface area (TPSA) is 79.8 Å². The lowest BCUT2D eigenvalue weighted by Gasteiger charge is -2.14. The van der Waals surface area contributed by atoms with Gasteiger partial charge >= 0.3 is 6.18 Å². The van der Waals surface area contributed by atoms with Crippen molar-refractivity contribution in [3.05, 3.63) is 41.9 Å². The number of aromatic nitrogens is 3. The number of benzene rings is 1. The molecule has 2 heterocycles. The first kappa shape index (κ1) is 25.8. The molecule has 0 aliphatic carbocycles. The monoisotopic (exact) mass is 472 g/mol. The maximum Gasteiger partial charge on any atom is 0.435 e. The maximum absolute atomic E-state index is 13.7. The van der Waals surface area contributed by atoms with Gasteiger partial charge in [-0.1, -0.05) is 58.6 Å². The highest BCUT2D eigenvalue weighted by atomic mass is 32.2. The molecule has 6 nitrogen and oxygen atoms in total. The van der Waals surface area contributed by atoms with Gasteiger partial charge in [0, 0.05) is 23.6 Å². The van der Waals surface area contributed by atoms with Crippen LogP contribution in [-0.4, -0.2) is 23.2 Å². The molecular formula is C22H31F3N4O2S. The van der Waals surface area contributed by atoms with E-state index in [9.17, 15) is 21.6 Å². The Morgan fingerprint density at radius 2 is 1.81 bits per heavy atom. The quantitative estimate of drug-likeness (QED) is 0.349. The third-order valence-electron chi connectivity index (χ3n) is 4.91. The zero-order chi connectivity index (χ0) is 23.9. The first-order valence-corrected chi connectivity index (χ1v) is 12.4. The lowest BCUT2D eigenvalue weighted by molar-refractivity contribution is -0.143. The van der Waals surface area contributed by atoms with Gasteiger partial charge in [0.05, 0.1) is 11.9 Å². The Kier molecular flexibility index (Phi) is 8.77. The molecule has 0 unspecified atom stereocenters. The Labute approximate surface area is 187 Å². The molecular weight excluding hydrogens is 441 g/mol. The third-order valence-corrected chi connectivity index (χ3v) is 6.32. The molecule has 3 rings (SSSR count). The summed E-state index contributed by atoms with van der Waals surface area (Å²) in [5.41, 5.74) is -0.134. The lowest BCUT2D eigenvalue weighted by Crippen LogP contribution is -2.19. The Bertz CT molecular complexity index is 1120. The molecule has 0 amide bonds. The van der Waals surface area contributed by atoms with E-state index in [0.717, 1.165) is 42.1 Å². The van der Waals surface area contributed by atoms with Gasteiger partial charge in [0.25, 0.3) is 10.0 Å². The Hall–Kier alpha value is -2.49. The summed E-state index contributed by atoms with van der Waals surface area (Å²) in [4.78, 5) is 2.74. The molecule has 0 aliphatic heterocycles. The normalized spacial score (nSPS) is 12.0. The number of aromatic amines is 1. The lowest BCUT2D eigenvalue weighted by atomic mass is 10.1. The summed E-state index contributed by atoms with van der Waals surface area (Å²) in [6.45, 7) is 7.99. The fraction of sp³-hybridized carbons (Fsp3) is 0.500. The van der Waals surface area contributed by atoms with Crippen molar-refractivity contribution < 1.29 is 21.6 Å². The number of hydrogen-bond acceptors (Lipinski definition) is 3. The van der Waals surface area contributed by atoms with E-state index in [2.05, 4.69) is 21.7 Å². The number of fused-ring (bicyclic) bond motifs is 1. The van der Waals surface area contributed by atoms with Crippen molar-refractivity contribution in [1.29, 1.82) is 0 Å². The van der Waals surface area contributed by atoms with Crippen molar-refractivity contribution in [2.24, 2.45) is 0 Å². The van der Waals surface area contributed by atoms with Gasteiger partial charge in [-0.05, 0) is 25.0 Å². The Morgan fingerprint density at radius 3 is 2.47 bits per heavy atom. The molecule has 0 saturated heterocycles. The molecule has 178 valence electrons. The van der Waals surface area contributed by atoms with Gasteiger partial charge in [-0.2, -0.15) is 18.3 Å². The molecule has 1 aromatic carbocycles. The van der Waals surface area contributed by atoms with E-state index in [4.69, 9.17) is 0 Å². The molecule has 10 heteroatoms. The number of alkyl halides is 3. The number of anilines is 1. The summed E-state index contributed by atoms with van der Waals surface area (Å²) in [6.07, 6.45) is 1.80. The molecule has 32 heavy (non-hydrogen) atoms. The fourth-order valence-corrected chi connectivity index (χ4v) is 4.66. The van der Waals surface area contributed by atoms with Gasteiger partial charge in [-0.15, -0.1) is 0 Å². The number of nitrogens with zero attached hydrogens (tertiary/aromatic N) is 2. The number of hydrogen-bond donors (Lipinski definition) is 2. The van der Waals surface area contributed by atoms with Crippen LogP contribution in [0.25, 0.3) is 10.9 Å². The Morgan fingerprint density at radius 1 is 1.12 bits per heavy atom. The summed E-state index contributed by atoms with van der Waals surface area (Å²) < 4.78 is 69.7. The average Bonchev–Trinajstić information content (AvgIpc) is 3.33. The molecule has 0 saturated carbocycles. The molecule has 0 fully saturated rings. The zero-order valence-electron chi connectivity index (χ0n) is 18.9. The van der Waals surface area contributed by atoms with E-state index in [1.807, 2.05) is 20.8 Å². The van der Waals surface area contributed by atoms with Gasteiger partial charge in [0.2, 0.25) is 0 Å². The van der Waals surface area contributed by atoms with Crippen molar-refractivity contribution in [3.63, 3.8) is 0 Å². The predicted octanol–water partition coefficient (Wildman–Crippen LogP) is 6.49. The van der Waals surface area contributed by atoms with Crippen LogP contribution in [0, 0.1) is 6.92 Å². The van der Waals surface area contributed by atoms with Gasteiger partial charge in [-0.3, -0.25) is 9.40 Å². The number of H-pyrrole nitrogens is 1. The van der Waals surface area contributed by atoms with Crippen LogP contribution in [0.1, 0.15) is 64.1 Å². The van der Waals surface area contributed by atoms with Crippen molar-refractivity contribution in [1.82, 2.24) is 14.8 Å². The predicted molar refractivity (Wildman–Crippen MR) is 121 cm³/mol. The van der Waals surface area contributed by atoms with Crippen molar-refractivity contribution in [3.8, 4) is 0 Å². The highest BCUT2D eigenvalue weighted by molar-refractivity contribution is 7.93. The van der Waals surface area contributed by atoms with Crippen molar-refractivity contribution in [2.75, 3.05) is 4.72 Å². The molecule has 3 aromatic rings. The van der Waals surface area contributed by atoms with Gasteiger partial charge in [0.1, 0.15) is 4.90 Å². The highest BCUT2D eigenvalue weighted by Crippen LogP contribution is 2.36. The van der Waals surface area contributed by atoms with Crippen LogP contribution in [0.2, 0.25) is 0 Å². The molecule has 0 atom stereocenters. The van der Waals surface area contributed by atoms with Crippen molar-refractivity contribution >= 4 is 26.6 Å². The highest BCUT2D eigenvalue weighted by Gasteiger charge is 2.39. The summed E-state index contributed by atoms with van der Waals surface area (Å²) in [5, 5.41) is 4.21. The minimum atomic E-state index is -4.74. The summed E-state index contributed by atoms with van der Waals surface area (Å²) in [5.74, 6) is 0. The van der Waals surface area contributed by atoms with E-state index in [1.54, 1.807) is 18.2 Å². The number of halogens is 3. The van der Waals surface area contributed by atoms with Gasteiger partial charge < -0.3 is 4.98 Å². The van der Waals surface area contributed by atoms with Crippen molar-refractivity contribution in [2.45, 2.75) is 77.4 Å². The fourth-order valence-electron chi connectivity index (χ4n) is 3.43. The van der Waals surface area contributed by atoms with E-state index >= 15 is 0 Å².